The van der Waals surface area contributed by atoms with Gasteiger partial charge in [0, 0.05) is 29.9 Å². The van der Waals surface area contributed by atoms with Crippen molar-refractivity contribution in [1.82, 2.24) is 0 Å². The van der Waals surface area contributed by atoms with Crippen LogP contribution in [0.2, 0.25) is 0 Å². The van der Waals surface area contributed by atoms with Gasteiger partial charge in [-0.15, -0.1) is 0 Å². The molecule has 65 heavy (non-hydrogen) atoms. The molecule has 8 aliphatic carbocycles. The molecule has 6 N–H and O–H groups in total. The highest BCUT2D eigenvalue weighted by Gasteiger charge is 2.78. The Kier molecular flexibility index (Phi) is 13.1. The molecule has 0 aromatic rings. The summed E-state index contributed by atoms with van der Waals surface area (Å²) in [5.74, 6) is -2.21. The molecule has 0 saturated heterocycles. The van der Waals surface area contributed by atoms with Gasteiger partial charge in [0.1, 0.15) is 30.5 Å². The van der Waals surface area contributed by atoms with Gasteiger partial charge in [-0.25, -0.2) is 9.59 Å². The number of ether oxygens (including phenoxy) is 2. The lowest BCUT2D eigenvalue weighted by Gasteiger charge is -2.48. The third-order valence-electron chi connectivity index (χ3n) is 17.8. The van der Waals surface area contributed by atoms with Crippen LogP contribution in [0.3, 0.4) is 0 Å². The van der Waals surface area contributed by atoms with Crippen molar-refractivity contribution in [2.24, 2.45) is 69.0 Å². The number of fused-ring (bicyclic) bond motifs is 6. The minimum atomic E-state index is -2.15. The summed E-state index contributed by atoms with van der Waals surface area (Å²) in [6.07, 6.45) is 5.90. The second kappa shape index (κ2) is 16.9. The maximum Gasteiger partial charge on any atom is 0.334 e. The molecule has 13 heteroatoms. The van der Waals surface area contributed by atoms with Crippen molar-refractivity contribution >= 4 is 23.5 Å². The Morgan fingerprint density at radius 2 is 1.17 bits per heavy atom. The molecule has 0 aromatic heterocycles. The maximum absolute atomic E-state index is 14.5. The van der Waals surface area contributed by atoms with Crippen molar-refractivity contribution in [2.45, 2.75) is 138 Å². The third kappa shape index (κ3) is 6.89. The van der Waals surface area contributed by atoms with E-state index in [2.05, 4.69) is 27.7 Å². The Labute approximate surface area is 383 Å². The number of hydrogen-bond donors (Lipinski definition) is 6. The number of carbonyl (C=O) groups excluding carboxylic acids is 4. The first-order valence-corrected chi connectivity index (χ1v) is 23.1. The number of allylic oxidation sites excluding steroid dienone is 4. The Morgan fingerprint density at radius 1 is 0.754 bits per heavy atom. The van der Waals surface area contributed by atoms with E-state index in [4.69, 9.17) is 14.7 Å². The summed E-state index contributed by atoms with van der Waals surface area (Å²) in [5, 5.41) is 74.8. The van der Waals surface area contributed by atoms with Crippen molar-refractivity contribution < 1.29 is 59.3 Å². The number of aliphatic hydroxyl groups excluding tert-OH is 4. The topological polar surface area (TPSA) is 232 Å². The predicted molar refractivity (Wildman–Crippen MR) is 241 cm³/mol. The van der Waals surface area contributed by atoms with Crippen molar-refractivity contribution in [1.29, 1.82) is 5.26 Å². The Bertz CT molecular complexity index is 2260. The van der Waals surface area contributed by atoms with Gasteiger partial charge in [-0.3, -0.25) is 9.59 Å². The molecule has 13 nitrogen and oxygen atoms in total. The van der Waals surface area contributed by atoms with Gasteiger partial charge < -0.3 is 40.1 Å². The molecule has 16 atom stereocenters. The number of hydrogen-bond acceptors (Lipinski definition) is 13. The van der Waals surface area contributed by atoms with Gasteiger partial charge in [-0.05, 0) is 123 Å². The number of rotatable bonds is 6. The minimum absolute atomic E-state index is 0.0245. The minimum Gasteiger partial charge on any atom is -0.458 e. The Hall–Kier alpha value is -4.03. The smallest absolute Gasteiger partial charge is 0.334 e. The molecular formula is C52H71NO12. The molecule has 0 heterocycles. The number of nitrogens with zero attached hydrogens (tertiary/aromatic N) is 1. The van der Waals surface area contributed by atoms with E-state index in [0.29, 0.717) is 34.6 Å². The monoisotopic (exact) mass is 901 g/mol. The molecule has 2 spiro atoms. The van der Waals surface area contributed by atoms with Crippen molar-refractivity contribution in [2.75, 3.05) is 13.2 Å². The van der Waals surface area contributed by atoms with Crippen LogP contribution in [0.1, 0.15) is 103 Å². The molecule has 0 aliphatic heterocycles. The zero-order valence-electron chi connectivity index (χ0n) is 40.3. The number of ketones is 2. The van der Waals surface area contributed by atoms with Gasteiger partial charge in [-0.2, -0.15) is 5.26 Å². The first-order chi connectivity index (χ1) is 30.2. The molecular weight excluding hydrogens is 831 g/mol. The molecule has 4 bridgehead atoms. The maximum atomic E-state index is 14.5. The van der Waals surface area contributed by atoms with Crippen LogP contribution in [-0.2, 0) is 28.7 Å². The van der Waals surface area contributed by atoms with Gasteiger partial charge in [0.15, 0.2) is 23.3 Å². The lowest BCUT2D eigenvalue weighted by molar-refractivity contribution is -0.201. The van der Waals surface area contributed by atoms with E-state index in [1.165, 1.54) is 6.92 Å². The van der Waals surface area contributed by atoms with Gasteiger partial charge in [-0.1, -0.05) is 78.0 Å². The number of Topliss-reactive ketones (excluding diaryl/α,β-unsaturated/α-hetero) is 2. The lowest BCUT2D eigenvalue weighted by Crippen LogP contribution is -2.65. The van der Waals surface area contributed by atoms with E-state index in [0.717, 1.165) is 6.42 Å². The Balaban J connectivity index is 0.000000216. The average molecular weight is 902 g/mol. The number of aliphatic hydroxyl groups is 6. The van der Waals surface area contributed by atoms with Crippen LogP contribution in [0.25, 0.3) is 0 Å². The highest BCUT2D eigenvalue weighted by Crippen LogP contribution is 2.73. The summed E-state index contributed by atoms with van der Waals surface area (Å²) in [6, 6.07) is 1.75. The highest BCUT2D eigenvalue weighted by molar-refractivity contribution is 5.97. The van der Waals surface area contributed by atoms with Crippen LogP contribution in [0.15, 0.2) is 69.9 Å². The molecule has 0 amide bonds. The second-order valence-corrected chi connectivity index (χ2v) is 21.5. The predicted octanol–water partition coefficient (Wildman–Crippen LogP) is 5.19. The fraction of sp³-hybridized carbons (Fsp3) is 0.673. The fourth-order valence-electron chi connectivity index (χ4n) is 13.7. The van der Waals surface area contributed by atoms with Crippen molar-refractivity contribution in [3.8, 4) is 6.07 Å². The van der Waals surface area contributed by atoms with E-state index in [1.807, 2.05) is 13.8 Å². The van der Waals surface area contributed by atoms with E-state index >= 15 is 0 Å². The molecule has 8 aliphatic rings. The van der Waals surface area contributed by atoms with E-state index < -0.39 is 76.8 Å². The Morgan fingerprint density at radius 3 is 1.63 bits per heavy atom. The van der Waals surface area contributed by atoms with Crippen LogP contribution in [-0.4, -0.2) is 103 Å². The SMILES string of the molecule is C/C=C(/C)C(=O)OCC1=C[C@@H]2C(=O)[C@]3(C=C(C)[C@H](OC(=O)/C(C)=C\C)[C@@]3(O)[C@@H]1O)[C@H](C)C[C@@H]1[C@H]2C1(C)C.CC#N.CC1=C[C@]23C(=O)[C@@H](C=C(CO)[C@@H](O)[C@]2(O)[C@H]1O)[C@H]1[C@@H](C[C@H]3C)C1(C)C. The number of nitriles is 1. The summed E-state index contributed by atoms with van der Waals surface area (Å²) in [4.78, 5) is 53.5. The number of carbonyl (C=O) groups is 4. The first kappa shape index (κ1) is 50.4. The van der Waals surface area contributed by atoms with Crippen molar-refractivity contribution in [3.05, 3.63) is 69.9 Å². The van der Waals surface area contributed by atoms with E-state index in [1.54, 1.807) is 84.1 Å². The fourth-order valence-corrected chi connectivity index (χ4v) is 13.7. The standard InChI is InChI=1S/C30H40O7.C20H28O5.C2H3N/c1-9-15(3)26(33)36-14-19-12-20-22-21(28(22,7)8)11-18(6)29(24(20)32)13-17(5)25(30(29,35)23(19)31)37-27(34)16(4)10-2;1-9-7-19-10(2)5-13-14(18(13,3)4)12(17(19)24)6-11(8-21)16(23)20(19,25)15(9)22;1-2-3/h9-10,12-13,18,20-23,25,31,35H,11,14H2,1-8H3;6-7,10,12-16,21-23,25H,5,8H2,1-4H3;1H3/b15-9-,16-10-;;/t18-,20+,21-,22+,23-,25+,29+,30+;10-,12+,13-,14+,15+,16-,19+,20-;/m11./s1. The third-order valence-corrected chi connectivity index (χ3v) is 17.8. The van der Waals surface area contributed by atoms with Crippen LogP contribution in [0, 0.1) is 80.3 Å². The molecule has 4 fully saturated rings. The summed E-state index contributed by atoms with van der Waals surface area (Å²) < 4.78 is 11.3. The molecule has 4 saturated carbocycles. The molecule has 356 valence electrons. The summed E-state index contributed by atoms with van der Waals surface area (Å²) >= 11 is 0. The summed E-state index contributed by atoms with van der Waals surface area (Å²) in [7, 11) is 0. The van der Waals surface area contributed by atoms with Crippen LogP contribution in [0.5, 0.6) is 0 Å². The van der Waals surface area contributed by atoms with Gasteiger partial charge in [0.2, 0.25) is 0 Å². The molecule has 0 radical (unpaired) electrons. The van der Waals surface area contributed by atoms with Gasteiger partial charge in [0.05, 0.1) is 23.5 Å². The van der Waals surface area contributed by atoms with E-state index in [9.17, 15) is 49.8 Å². The van der Waals surface area contributed by atoms with Crippen LogP contribution < -0.4 is 0 Å². The number of esters is 2. The normalized spacial score (nSPS) is 43.6. The summed E-state index contributed by atoms with van der Waals surface area (Å²) in [5.41, 5.74) is -4.72. The lowest BCUT2D eigenvalue weighted by atomic mass is 9.59. The molecule has 0 unspecified atom stereocenters. The summed E-state index contributed by atoms with van der Waals surface area (Å²) in [6.45, 7) is 23.3. The quantitative estimate of drug-likeness (QED) is 0.115. The highest BCUT2D eigenvalue weighted by atomic mass is 16.6. The van der Waals surface area contributed by atoms with E-state index in [-0.39, 0.29) is 69.7 Å². The zero-order chi connectivity index (χ0) is 48.9. The molecule has 0 aromatic carbocycles. The first-order valence-electron chi connectivity index (χ1n) is 23.1. The average Bonchev–Trinajstić information content (AvgIpc) is 3.97. The van der Waals surface area contributed by atoms with Crippen LogP contribution in [0.4, 0.5) is 0 Å². The van der Waals surface area contributed by atoms with Crippen molar-refractivity contribution in [3.63, 3.8) is 0 Å². The largest absolute Gasteiger partial charge is 0.458 e. The van der Waals surface area contributed by atoms with Gasteiger partial charge >= 0.3 is 11.9 Å². The zero-order valence-corrected chi connectivity index (χ0v) is 40.3. The molecule has 8 rings (SSSR count). The second-order valence-electron chi connectivity index (χ2n) is 21.5. The van der Waals surface area contributed by atoms with Gasteiger partial charge in [0.25, 0.3) is 0 Å². The van der Waals surface area contributed by atoms with Crippen LogP contribution >= 0.6 is 0 Å².